The molecule has 0 bridgehead atoms. The van der Waals surface area contributed by atoms with Crippen LogP contribution in [0.25, 0.3) is 10.4 Å². The highest BCUT2D eigenvalue weighted by Crippen LogP contribution is 2.44. The van der Waals surface area contributed by atoms with Gasteiger partial charge in [0.1, 0.15) is 22.7 Å². The molecule has 280 valence electrons. The maximum atomic E-state index is 14.1. The second kappa shape index (κ2) is 16.3. The molecular formula is C40H43F3N3O6S+. The molecule has 0 saturated carbocycles. The molecule has 1 atom stereocenters. The molecule has 2 aromatic carbocycles. The standard InChI is InChI=1S/C40H42F3N3O6S/c1-8-50-37-33-32(29-18-19-30(53-29)36(47)44-21-24-12-16-26(42)27(43)20-24)31(38(48)51-9-2)28(17-13-23-10-14-25(41)15-11-23)45-34(33)35(22(3)4)46(37)39(49)52-40(5,6)7/h10-12,14-16,18-20,22,35H,8-9,13,17,21H2,1-7H3/p+1. The van der Waals surface area contributed by atoms with Crippen LogP contribution in [0, 0.1) is 23.4 Å². The van der Waals surface area contributed by atoms with E-state index in [1.807, 2.05) is 13.8 Å². The van der Waals surface area contributed by atoms with Gasteiger partial charge >= 0.3 is 18.0 Å². The SMILES string of the molecule is CCOC(=O)c1c(CCc2ccc(F)cc2)nc2c(c1-c1ccc(C(=O)NCc3ccc(F)c(F)c3)s1)C(OCC)=[N+](C(=O)OC(C)(C)C)C2C(C)C. The number of benzene rings is 2. The minimum atomic E-state index is -1.02. The van der Waals surface area contributed by atoms with Crippen molar-refractivity contribution in [3.05, 3.63) is 111 Å². The van der Waals surface area contributed by atoms with Gasteiger partial charge in [-0.3, -0.25) is 4.79 Å². The fourth-order valence-corrected chi connectivity index (χ4v) is 7.11. The molecule has 2 aromatic heterocycles. The first-order chi connectivity index (χ1) is 25.1. The van der Waals surface area contributed by atoms with E-state index in [0.717, 1.165) is 29.0 Å². The molecule has 4 aromatic rings. The number of carbonyl (C=O) groups is 3. The highest BCUT2D eigenvalue weighted by Gasteiger charge is 2.52. The van der Waals surface area contributed by atoms with Gasteiger partial charge in [-0.25, -0.2) is 22.9 Å². The fourth-order valence-electron chi connectivity index (χ4n) is 6.13. The highest BCUT2D eigenvalue weighted by atomic mass is 32.1. The monoisotopic (exact) mass is 750 g/mol. The van der Waals surface area contributed by atoms with Gasteiger partial charge in [0, 0.05) is 22.9 Å². The molecule has 0 aliphatic carbocycles. The van der Waals surface area contributed by atoms with E-state index >= 15 is 0 Å². The van der Waals surface area contributed by atoms with Gasteiger partial charge in [-0.05, 0) is 95.0 Å². The van der Waals surface area contributed by atoms with Gasteiger partial charge in [-0.1, -0.05) is 36.6 Å². The molecule has 9 nitrogen and oxygen atoms in total. The second-order valence-corrected chi connectivity index (χ2v) is 14.9. The maximum Gasteiger partial charge on any atom is 0.600 e. The number of hydrogen-bond donors (Lipinski definition) is 1. The molecular weight excluding hydrogens is 708 g/mol. The Morgan fingerprint density at radius 3 is 2.23 bits per heavy atom. The Hall–Kier alpha value is -5.04. The lowest BCUT2D eigenvalue weighted by Crippen LogP contribution is -2.36. The number of rotatable bonds is 11. The molecule has 13 heteroatoms. The Balaban J connectivity index is 1.71. The van der Waals surface area contributed by atoms with Crippen LogP contribution in [0.4, 0.5) is 18.0 Å². The fraction of sp³-hybridized carbons (Fsp3) is 0.375. The molecule has 0 spiro atoms. The van der Waals surface area contributed by atoms with Gasteiger partial charge in [0.15, 0.2) is 11.6 Å². The van der Waals surface area contributed by atoms with Crippen molar-refractivity contribution in [3.63, 3.8) is 0 Å². The summed E-state index contributed by atoms with van der Waals surface area (Å²) < 4.78 is 60.2. The third kappa shape index (κ3) is 8.78. The first-order valence-corrected chi connectivity index (χ1v) is 18.3. The van der Waals surface area contributed by atoms with Crippen LogP contribution in [0.15, 0.2) is 54.6 Å². The molecule has 1 aliphatic heterocycles. The van der Waals surface area contributed by atoms with Crippen LogP contribution in [-0.4, -0.2) is 52.2 Å². The number of nitrogens with zero attached hydrogens (tertiary/aromatic N) is 2. The molecule has 0 fully saturated rings. The number of esters is 1. The Morgan fingerprint density at radius 2 is 1.60 bits per heavy atom. The number of ether oxygens (including phenoxy) is 3. The van der Waals surface area contributed by atoms with E-state index < -0.39 is 41.2 Å². The number of fused-ring (bicyclic) bond motifs is 1. The summed E-state index contributed by atoms with van der Waals surface area (Å²) in [5, 5.41) is 2.74. The van der Waals surface area contributed by atoms with Gasteiger partial charge in [0.25, 0.3) is 5.91 Å². The Labute approximate surface area is 310 Å². The van der Waals surface area contributed by atoms with Gasteiger partial charge in [-0.15, -0.1) is 11.3 Å². The van der Waals surface area contributed by atoms with Crippen molar-refractivity contribution in [2.45, 2.75) is 79.5 Å². The van der Waals surface area contributed by atoms with Crippen LogP contribution in [0.2, 0.25) is 0 Å². The average molecular weight is 751 g/mol. The van der Waals surface area contributed by atoms with E-state index in [2.05, 4.69) is 5.32 Å². The van der Waals surface area contributed by atoms with Gasteiger partial charge < -0.3 is 19.5 Å². The number of nitrogens with one attached hydrogen (secondary N) is 1. The predicted molar refractivity (Wildman–Crippen MR) is 195 cm³/mol. The molecule has 5 rings (SSSR count). The third-order valence-corrected chi connectivity index (χ3v) is 9.45. The summed E-state index contributed by atoms with van der Waals surface area (Å²) in [4.78, 5) is 47.3. The van der Waals surface area contributed by atoms with Crippen molar-refractivity contribution in [2.24, 2.45) is 5.92 Å². The van der Waals surface area contributed by atoms with Crippen molar-refractivity contribution < 1.29 is 46.3 Å². The van der Waals surface area contributed by atoms with E-state index in [1.54, 1.807) is 58.9 Å². The minimum Gasteiger partial charge on any atom is -0.462 e. The van der Waals surface area contributed by atoms with Crippen LogP contribution in [-0.2, 0) is 33.6 Å². The summed E-state index contributed by atoms with van der Waals surface area (Å²) in [6, 6.07) is 12.1. The topological polar surface area (TPSA) is 107 Å². The third-order valence-electron chi connectivity index (χ3n) is 8.35. The molecule has 1 aliphatic rings. The quantitative estimate of drug-likeness (QED) is 0.121. The summed E-state index contributed by atoms with van der Waals surface area (Å²) >= 11 is 1.10. The van der Waals surface area contributed by atoms with E-state index in [1.165, 1.54) is 22.8 Å². The summed E-state index contributed by atoms with van der Waals surface area (Å²) in [5.41, 5.74) is 2.17. The molecule has 1 unspecified atom stereocenters. The number of pyridine rings is 1. The molecule has 0 saturated heterocycles. The lowest BCUT2D eigenvalue weighted by Gasteiger charge is -2.20. The number of halogens is 3. The number of hydrogen-bond acceptors (Lipinski definition) is 8. The van der Waals surface area contributed by atoms with Crippen molar-refractivity contribution in [2.75, 3.05) is 13.2 Å². The normalized spacial score (nSPS) is 14.0. The molecule has 2 amide bonds. The van der Waals surface area contributed by atoms with E-state index in [4.69, 9.17) is 19.2 Å². The average Bonchev–Trinajstić information content (AvgIpc) is 3.71. The zero-order valence-corrected chi connectivity index (χ0v) is 31.6. The first kappa shape index (κ1) is 39.2. The molecule has 53 heavy (non-hydrogen) atoms. The Bertz CT molecular complexity index is 2050. The first-order valence-electron chi connectivity index (χ1n) is 17.5. The zero-order chi connectivity index (χ0) is 38.6. The van der Waals surface area contributed by atoms with Crippen molar-refractivity contribution in [1.82, 2.24) is 10.3 Å². The smallest absolute Gasteiger partial charge is 0.462 e. The Morgan fingerprint density at radius 1 is 0.906 bits per heavy atom. The number of carbonyl (C=O) groups excluding carboxylic acids is 3. The number of thiophene rings is 1. The summed E-state index contributed by atoms with van der Waals surface area (Å²) in [7, 11) is 0. The molecule has 0 radical (unpaired) electrons. The van der Waals surface area contributed by atoms with E-state index in [0.29, 0.717) is 39.4 Å². The number of amides is 2. The van der Waals surface area contributed by atoms with Crippen LogP contribution in [0.1, 0.15) is 103 Å². The largest absolute Gasteiger partial charge is 0.600 e. The Kier molecular flexibility index (Phi) is 12.1. The van der Waals surface area contributed by atoms with Gasteiger partial charge in [-0.2, -0.15) is 4.79 Å². The van der Waals surface area contributed by atoms with Crippen molar-refractivity contribution in [3.8, 4) is 10.4 Å². The van der Waals surface area contributed by atoms with Gasteiger partial charge in [0.05, 0.1) is 29.3 Å². The van der Waals surface area contributed by atoms with Crippen LogP contribution >= 0.6 is 11.3 Å². The van der Waals surface area contributed by atoms with Crippen LogP contribution < -0.4 is 5.32 Å². The lowest BCUT2D eigenvalue weighted by atomic mass is 9.91. The summed E-state index contributed by atoms with van der Waals surface area (Å²) in [5.74, 6) is -3.56. The summed E-state index contributed by atoms with van der Waals surface area (Å²) in [6.07, 6.45) is 0.0101. The maximum absolute atomic E-state index is 14.1. The molecule has 1 N–H and O–H groups in total. The van der Waals surface area contributed by atoms with Crippen molar-refractivity contribution >= 4 is 35.2 Å². The van der Waals surface area contributed by atoms with Crippen LogP contribution in [0.3, 0.4) is 0 Å². The molecule has 3 heterocycles. The minimum absolute atomic E-state index is 0.0568. The predicted octanol–water partition coefficient (Wildman–Crippen LogP) is 8.56. The number of aryl methyl sites for hydroxylation is 2. The summed E-state index contributed by atoms with van der Waals surface area (Å²) in [6.45, 7) is 12.8. The second-order valence-electron chi connectivity index (χ2n) is 13.8. The van der Waals surface area contributed by atoms with E-state index in [-0.39, 0.29) is 54.3 Å². The lowest BCUT2D eigenvalue weighted by molar-refractivity contribution is -0.509. The van der Waals surface area contributed by atoms with Crippen LogP contribution in [0.5, 0.6) is 0 Å². The van der Waals surface area contributed by atoms with E-state index in [9.17, 15) is 27.6 Å². The van der Waals surface area contributed by atoms with Crippen molar-refractivity contribution in [1.29, 1.82) is 0 Å². The van der Waals surface area contributed by atoms with Gasteiger partial charge in [0.2, 0.25) is 6.04 Å². The zero-order valence-electron chi connectivity index (χ0n) is 30.8. The highest BCUT2D eigenvalue weighted by molar-refractivity contribution is 7.17. The number of aromatic nitrogens is 1.